The second-order valence-corrected chi connectivity index (χ2v) is 6.43. The van der Waals surface area contributed by atoms with Gasteiger partial charge in [0.05, 0.1) is 7.11 Å². The predicted molar refractivity (Wildman–Crippen MR) is 96.3 cm³/mol. The molecule has 1 aliphatic heterocycles. The molecular weight excluding hydrogens is 316 g/mol. The average Bonchev–Trinajstić information content (AvgIpc) is 2.63. The highest BCUT2D eigenvalue weighted by atomic mass is 16.5. The lowest BCUT2D eigenvalue weighted by molar-refractivity contribution is 0.0592. The molecule has 0 radical (unpaired) electrons. The monoisotopic (exact) mass is 340 g/mol. The molecule has 1 fully saturated rings. The molecule has 5 nitrogen and oxygen atoms in total. The summed E-state index contributed by atoms with van der Waals surface area (Å²) in [6.45, 7) is 5.28. The zero-order valence-electron chi connectivity index (χ0n) is 15.0. The zero-order valence-corrected chi connectivity index (χ0v) is 15.0. The van der Waals surface area contributed by atoms with Gasteiger partial charge in [-0.1, -0.05) is 17.7 Å². The SMILES string of the molecule is COc1nc(C)ccc1C(=O)N1CCC(Oc2ccc(C)cc2)CC1. The quantitative estimate of drug-likeness (QED) is 0.856. The van der Waals surface area contributed by atoms with Gasteiger partial charge in [0.1, 0.15) is 17.4 Å². The summed E-state index contributed by atoms with van der Waals surface area (Å²) in [4.78, 5) is 18.9. The molecule has 1 aromatic heterocycles. The number of aryl methyl sites for hydroxylation is 2. The van der Waals surface area contributed by atoms with Crippen molar-refractivity contribution >= 4 is 5.91 Å². The Kier molecular flexibility index (Phi) is 5.22. The Balaban J connectivity index is 1.60. The smallest absolute Gasteiger partial charge is 0.259 e. The molecule has 25 heavy (non-hydrogen) atoms. The van der Waals surface area contributed by atoms with Crippen LogP contribution in [0.1, 0.15) is 34.5 Å². The molecule has 1 amide bonds. The molecular formula is C20H24N2O3. The third kappa shape index (κ3) is 4.10. The van der Waals surface area contributed by atoms with Gasteiger partial charge in [-0.15, -0.1) is 0 Å². The highest BCUT2D eigenvalue weighted by Crippen LogP contribution is 2.23. The minimum Gasteiger partial charge on any atom is -0.490 e. The maximum atomic E-state index is 12.8. The summed E-state index contributed by atoms with van der Waals surface area (Å²) >= 11 is 0. The van der Waals surface area contributed by atoms with E-state index in [0.29, 0.717) is 24.5 Å². The molecule has 1 aromatic carbocycles. The Morgan fingerprint density at radius 1 is 1.08 bits per heavy atom. The van der Waals surface area contributed by atoms with Crippen LogP contribution in [0, 0.1) is 13.8 Å². The number of carbonyl (C=O) groups excluding carboxylic acids is 1. The fraction of sp³-hybridized carbons (Fsp3) is 0.400. The maximum Gasteiger partial charge on any atom is 0.259 e. The largest absolute Gasteiger partial charge is 0.490 e. The van der Waals surface area contributed by atoms with Crippen LogP contribution in [-0.4, -0.2) is 42.1 Å². The number of carbonyl (C=O) groups is 1. The van der Waals surface area contributed by atoms with Gasteiger partial charge in [0, 0.05) is 31.6 Å². The molecule has 3 rings (SSSR count). The van der Waals surface area contributed by atoms with Gasteiger partial charge in [0.2, 0.25) is 5.88 Å². The molecule has 0 bridgehead atoms. The van der Waals surface area contributed by atoms with Gasteiger partial charge in [0.15, 0.2) is 0 Å². The topological polar surface area (TPSA) is 51.7 Å². The van der Waals surface area contributed by atoms with Crippen molar-refractivity contribution in [1.82, 2.24) is 9.88 Å². The number of nitrogens with zero attached hydrogens (tertiary/aromatic N) is 2. The second-order valence-electron chi connectivity index (χ2n) is 6.43. The summed E-state index contributed by atoms with van der Waals surface area (Å²) in [5.74, 6) is 1.25. The number of ether oxygens (including phenoxy) is 2. The van der Waals surface area contributed by atoms with Crippen LogP contribution in [0.25, 0.3) is 0 Å². The summed E-state index contributed by atoms with van der Waals surface area (Å²) in [7, 11) is 1.54. The first kappa shape index (κ1) is 17.3. The van der Waals surface area contributed by atoms with E-state index in [1.807, 2.05) is 42.2 Å². The van der Waals surface area contributed by atoms with Gasteiger partial charge in [-0.05, 0) is 38.1 Å². The minimum atomic E-state index is -0.0295. The second kappa shape index (κ2) is 7.55. The molecule has 0 atom stereocenters. The third-order valence-electron chi connectivity index (χ3n) is 4.48. The lowest BCUT2D eigenvalue weighted by Gasteiger charge is -2.32. The number of aromatic nitrogens is 1. The van der Waals surface area contributed by atoms with Gasteiger partial charge in [-0.2, -0.15) is 0 Å². The van der Waals surface area contributed by atoms with Crippen molar-refractivity contribution in [3.05, 3.63) is 53.2 Å². The van der Waals surface area contributed by atoms with Crippen molar-refractivity contribution in [1.29, 1.82) is 0 Å². The van der Waals surface area contributed by atoms with E-state index >= 15 is 0 Å². The maximum absolute atomic E-state index is 12.8. The van der Waals surface area contributed by atoms with Crippen molar-refractivity contribution in [2.45, 2.75) is 32.8 Å². The van der Waals surface area contributed by atoms with E-state index in [1.165, 1.54) is 5.56 Å². The fourth-order valence-corrected chi connectivity index (χ4v) is 3.01. The van der Waals surface area contributed by atoms with Crippen LogP contribution in [-0.2, 0) is 0 Å². The van der Waals surface area contributed by atoms with Crippen molar-refractivity contribution in [2.75, 3.05) is 20.2 Å². The number of amides is 1. The Labute approximate surface area is 148 Å². The molecule has 0 spiro atoms. The molecule has 2 aromatic rings. The van der Waals surface area contributed by atoms with Crippen LogP contribution in [0.5, 0.6) is 11.6 Å². The van der Waals surface area contributed by atoms with Crippen LogP contribution in [0.3, 0.4) is 0 Å². The molecule has 0 unspecified atom stereocenters. The van der Waals surface area contributed by atoms with E-state index in [2.05, 4.69) is 11.9 Å². The van der Waals surface area contributed by atoms with E-state index in [9.17, 15) is 4.79 Å². The lowest BCUT2D eigenvalue weighted by atomic mass is 10.1. The molecule has 1 aliphatic rings. The summed E-state index contributed by atoms with van der Waals surface area (Å²) in [5, 5.41) is 0. The highest BCUT2D eigenvalue weighted by molar-refractivity contribution is 5.96. The molecule has 0 aliphatic carbocycles. The van der Waals surface area contributed by atoms with Crippen LogP contribution in [0.4, 0.5) is 0 Å². The molecule has 0 saturated carbocycles. The Morgan fingerprint density at radius 2 is 1.76 bits per heavy atom. The van der Waals surface area contributed by atoms with Crippen LogP contribution in [0.2, 0.25) is 0 Å². The molecule has 0 N–H and O–H groups in total. The number of piperidine rings is 1. The number of benzene rings is 1. The first-order valence-electron chi connectivity index (χ1n) is 8.61. The van der Waals surface area contributed by atoms with E-state index < -0.39 is 0 Å². The molecule has 1 saturated heterocycles. The first-order valence-corrected chi connectivity index (χ1v) is 8.61. The van der Waals surface area contributed by atoms with Gasteiger partial charge in [0.25, 0.3) is 5.91 Å². The van der Waals surface area contributed by atoms with Gasteiger partial charge < -0.3 is 14.4 Å². The predicted octanol–water partition coefficient (Wildman–Crippen LogP) is 3.39. The number of hydrogen-bond donors (Lipinski definition) is 0. The zero-order chi connectivity index (χ0) is 17.8. The standard InChI is InChI=1S/C20H24N2O3/c1-14-4-7-16(8-5-14)25-17-10-12-22(13-11-17)20(23)18-9-6-15(2)21-19(18)24-3/h4-9,17H,10-13H2,1-3H3. The molecule has 132 valence electrons. The minimum absolute atomic E-state index is 0.0295. The van der Waals surface area contributed by atoms with Crippen molar-refractivity contribution in [3.63, 3.8) is 0 Å². The average molecular weight is 340 g/mol. The first-order chi connectivity index (χ1) is 12.1. The summed E-state index contributed by atoms with van der Waals surface area (Å²) in [6, 6.07) is 11.7. The van der Waals surface area contributed by atoms with E-state index in [4.69, 9.17) is 9.47 Å². The summed E-state index contributed by atoms with van der Waals surface area (Å²) < 4.78 is 11.3. The Morgan fingerprint density at radius 3 is 2.40 bits per heavy atom. The van der Waals surface area contributed by atoms with Gasteiger partial charge in [-0.3, -0.25) is 4.79 Å². The number of methoxy groups -OCH3 is 1. The molecule has 2 heterocycles. The van der Waals surface area contributed by atoms with Gasteiger partial charge >= 0.3 is 0 Å². The van der Waals surface area contributed by atoms with Crippen LogP contribution in [0.15, 0.2) is 36.4 Å². The van der Waals surface area contributed by atoms with Crippen molar-refractivity contribution in [2.24, 2.45) is 0 Å². The fourth-order valence-electron chi connectivity index (χ4n) is 3.01. The van der Waals surface area contributed by atoms with Crippen LogP contribution >= 0.6 is 0 Å². The third-order valence-corrected chi connectivity index (χ3v) is 4.48. The van der Waals surface area contributed by atoms with Crippen molar-refractivity contribution < 1.29 is 14.3 Å². The summed E-state index contributed by atoms with van der Waals surface area (Å²) in [5.41, 5.74) is 2.57. The summed E-state index contributed by atoms with van der Waals surface area (Å²) in [6.07, 6.45) is 1.78. The number of rotatable bonds is 4. The number of likely N-dealkylation sites (tertiary alicyclic amines) is 1. The van der Waals surface area contributed by atoms with Crippen LogP contribution < -0.4 is 9.47 Å². The lowest BCUT2D eigenvalue weighted by Crippen LogP contribution is -2.42. The normalized spacial score (nSPS) is 15.1. The van der Waals surface area contributed by atoms with E-state index in [-0.39, 0.29) is 12.0 Å². The van der Waals surface area contributed by atoms with E-state index in [1.54, 1.807) is 13.2 Å². The van der Waals surface area contributed by atoms with Gasteiger partial charge in [-0.25, -0.2) is 4.98 Å². The van der Waals surface area contributed by atoms with Crippen molar-refractivity contribution in [3.8, 4) is 11.6 Å². The number of pyridine rings is 1. The highest BCUT2D eigenvalue weighted by Gasteiger charge is 2.26. The number of hydrogen-bond acceptors (Lipinski definition) is 4. The molecule has 5 heteroatoms. The van der Waals surface area contributed by atoms with E-state index in [0.717, 1.165) is 24.3 Å². The Bertz CT molecular complexity index is 735. The Hall–Kier alpha value is -2.56.